The molecule has 0 radical (unpaired) electrons. The molecule has 0 saturated carbocycles. The molecule has 3 aliphatic heterocycles. The lowest BCUT2D eigenvalue weighted by Gasteiger charge is -2.31. The van der Waals surface area contributed by atoms with Gasteiger partial charge in [0.25, 0.3) is 5.91 Å². The lowest BCUT2D eigenvalue weighted by atomic mass is 9.82. The maximum absolute atomic E-state index is 16.4. The van der Waals surface area contributed by atoms with Crippen LogP contribution in [0.3, 0.4) is 0 Å². The van der Waals surface area contributed by atoms with Crippen LogP contribution in [-0.4, -0.2) is 61.9 Å². The van der Waals surface area contributed by atoms with Crippen LogP contribution in [-0.2, 0) is 37.8 Å². The molecule has 6 rings (SSSR count). The Labute approximate surface area is 303 Å². The van der Waals surface area contributed by atoms with Gasteiger partial charge in [-0.2, -0.15) is 0 Å². The Morgan fingerprint density at radius 3 is 2.50 bits per heavy atom. The van der Waals surface area contributed by atoms with E-state index >= 15 is 4.11 Å². The monoisotopic (exact) mass is 763 g/mol. The van der Waals surface area contributed by atoms with Crippen molar-refractivity contribution in [3.8, 4) is 0 Å². The Balaban J connectivity index is 1.32. The lowest BCUT2D eigenvalue weighted by Crippen LogP contribution is -2.45. The topological polar surface area (TPSA) is 90.4 Å². The maximum Gasteiger partial charge on any atom is 0.264 e. The highest BCUT2D eigenvalue weighted by atomic mass is 79.9. The van der Waals surface area contributed by atoms with Crippen LogP contribution in [0.15, 0.2) is 77.3 Å². The number of fused-ring (bicyclic) bond motifs is 2. The number of carbonyl (C=O) groups is 3. The number of hydrogen-bond donors (Lipinski definition) is 1. The molecule has 3 heterocycles. The Kier molecular flexibility index (Phi) is 11.0. The minimum absolute atomic E-state index is 0.105. The molecule has 0 bridgehead atoms. The third-order valence-corrected chi connectivity index (χ3v) is 13.6. The fourth-order valence-corrected chi connectivity index (χ4v) is 11.2. The fraction of sp³-hybridized carbons (Fsp3) is 0.462. The van der Waals surface area contributed by atoms with Gasteiger partial charge in [0.15, 0.2) is 5.60 Å². The largest absolute Gasteiger partial charge is 0.395 e. The van der Waals surface area contributed by atoms with Gasteiger partial charge in [-0.3, -0.25) is 14.4 Å². The molecular formula is C39H47BrFN3O5Si. The smallest absolute Gasteiger partial charge is 0.264 e. The van der Waals surface area contributed by atoms with Crippen LogP contribution in [0.4, 0.5) is 15.5 Å². The van der Waals surface area contributed by atoms with Gasteiger partial charge in [0.1, 0.15) is 0 Å². The van der Waals surface area contributed by atoms with Crippen molar-refractivity contribution in [2.45, 2.75) is 88.9 Å². The van der Waals surface area contributed by atoms with Crippen LogP contribution in [0.5, 0.6) is 0 Å². The van der Waals surface area contributed by atoms with Crippen molar-refractivity contribution in [2.75, 3.05) is 29.5 Å². The number of benzene rings is 3. The average molecular weight is 765 g/mol. The fourth-order valence-electron chi connectivity index (χ4n) is 8.33. The number of rotatable bonds is 10. The van der Waals surface area contributed by atoms with Crippen molar-refractivity contribution in [3.05, 3.63) is 94.0 Å². The number of amides is 3. The summed E-state index contributed by atoms with van der Waals surface area (Å²) in [5, 5.41) is 9.81. The Morgan fingerprint density at radius 2 is 1.76 bits per heavy atom. The first kappa shape index (κ1) is 36.4. The summed E-state index contributed by atoms with van der Waals surface area (Å²) in [4.78, 5) is 47.0. The van der Waals surface area contributed by atoms with E-state index < -0.39 is 31.6 Å². The number of aliphatic hydroxyl groups is 1. The van der Waals surface area contributed by atoms with Crippen molar-refractivity contribution in [1.82, 2.24) is 4.90 Å². The molecule has 4 atom stereocenters. The van der Waals surface area contributed by atoms with E-state index in [1.165, 1.54) is 0 Å². The van der Waals surface area contributed by atoms with Crippen molar-refractivity contribution in [2.24, 2.45) is 5.92 Å². The molecule has 3 aromatic carbocycles. The van der Waals surface area contributed by atoms with E-state index in [-0.39, 0.29) is 43.8 Å². The second-order valence-corrected chi connectivity index (χ2v) is 19.1. The zero-order valence-electron chi connectivity index (χ0n) is 29.1. The molecular weight excluding hydrogens is 717 g/mol. The van der Waals surface area contributed by atoms with E-state index in [2.05, 4.69) is 15.9 Å². The molecule has 0 aliphatic carbocycles. The number of nitrogens with zero attached hydrogens (tertiary/aromatic N) is 3. The Morgan fingerprint density at radius 1 is 1.02 bits per heavy atom. The highest BCUT2D eigenvalue weighted by Crippen LogP contribution is 2.60. The summed E-state index contributed by atoms with van der Waals surface area (Å²) in [7, 11) is -3.50. The van der Waals surface area contributed by atoms with E-state index in [9.17, 15) is 19.5 Å². The van der Waals surface area contributed by atoms with Gasteiger partial charge in [-0.15, -0.1) is 0 Å². The second kappa shape index (κ2) is 15.1. The van der Waals surface area contributed by atoms with Crippen LogP contribution >= 0.6 is 15.9 Å². The highest BCUT2D eigenvalue weighted by molar-refractivity contribution is 9.10. The minimum Gasteiger partial charge on any atom is -0.395 e. The van der Waals surface area contributed by atoms with Crippen molar-refractivity contribution >= 4 is 53.4 Å². The summed E-state index contributed by atoms with van der Waals surface area (Å²) < 4.78 is 24.1. The van der Waals surface area contributed by atoms with Crippen molar-refractivity contribution in [3.63, 3.8) is 0 Å². The number of carbonyl (C=O) groups excluding carboxylic acids is 3. The SMILES string of the molecule is C[C@H]1[C@H]([Si](C)(C)F)[C@@H](CC(=O)N(CCO)Cc2ccccc2)O[C@]12C(=O)N(Cc1cccc(N3CCCCCCC3=O)c1)c1ccc(Br)cc12. The normalized spacial score (nSPS) is 24.0. The number of hydrogen-bond acceptors (Lipinski definition) is 5. The van der Waals surface area contributed by atoms with Gasteiger partial charge < -0.3 is 28.7 Å². The maximum atomic E-state index is 16.4. The van der Waals surface area contributed by atoms with Crippen molar-refractivity contribution in [1.29, 1.82) is 0 Å². The molecule has 2 saturated heterocycles. The molecule has 8 nitrogen and oxygen atoms in total. The molecule has 1 N–H and O–H groups in total. The number of halogens is 2. The van der Waals surface area contributed by atoms with E-state index in [0.717, 1.165) is 47.0 Å². The number of anilines is 2. The Hall–Kier alpha value is -3.38. The Bertz CT molecular complexity index is 1720. The molecule has 0 unspecified atom stereocenters. The first-order chi connectivity index (χ1) is 23.9. The predicted octanol–water partition coefficient (Wildman–Crippen LogP) is 7.48. The van der Waals surface area contributed by atoms with Crippen LogP contribution in [0.2, 0.25) is 18.6 Å². The van der Waals surface area contributed by atoms with Gasteiger partial charge in [0.2, 0.25) is 20.2 Å². The third kappa shape index (κ3) is 7.19. The number of ether oxygens (including phenoxy) is 1. The summed E-state index contributed by atoms with van der Waals surface area (Å²) in [6, 6.07) is 23.0. The first-order valence-electron chi connectivity index (χ1n) is 17.7. The molecule has 3 aliphatic rings. The summed E-state index contributed by atoms with van der Waals surface area (Å²) in [5.74, 6) is -0.969. The van der Waals surface area contributed by atoms with Crippen LogP contribution in [0.1, 0.15) is 62.1 Å². The molecule has 1 spiro atoms. The molecule has 2 fully saturated rings. The quantitative estimate of drug-likeness (QED) is 0.171. The van der Waals surface area contributed by atoms with Crippen LogP contribution < -0.4 is 9.80 Å². The summed E-state index contributed by atoms with van der Waals surface area (Å²) in [6.45, 7) is 6.28. The van der Waals surface area contributed by atoms with E-state index in [1.54, 1.807) is 22.9 Å². The third-order valence-electron chi connectivity index (χ3n) is 10.6. The summed E-state index contributed by atoms with van der Waals surface area (Å²) >= 11 is 3.60. The van der Waals surface area contributed by atoms with Gasteiger partial charge in [0, 0.05) is 53.2 Å². The summed E-state index contributed by atoms with van der Waals surface area (Å²) in [6.07, 6.45) is 3.59. The predicted molar refractivity (Wildman–Crippen MR) is 199 cm³/mol. The summed E-state index contributed by atoms with van der Waals surface area (Å²) in [5.41, 5.74) is 1.83. The molecule has 0 aromatic heterocycles. The number of aliphatic hydroxyl groups excluding tert-OH is 1. The standard InChI is InChI=1S/C39H47BrFN3O5Si/c1-27-37(50(2,3)41)34(24-36(47)42(20-21-45)25-28-12-7-6-8-13-28)49-39(27)32-23-30(40)17-18-33(32)44(38(39)48)26-29-14-11-15-31(22-29)43-19-10-5-4-9-16-35(43)46/h6-8,11-15,17-18,22-23,27,34,37,45H,4-5,9-10,16,19-21,24-26H2,1-3H3/t27-,34+,37-,39+/m0/s1. The first-order valence-corrected chi connectivity index (χ1v) is 21.5. The van der Waals surface area contributed by atoms with Gasteiger partial charge in [-0.05, 0) is 67.4 Å². The van der Waals surface area contributed by atoms with E-state index in [0.29, 0.717) is 30.8 Å². The van der Waals surface area contributed by atoms with Crippen LogP contribution in [0.25, 0.3) is 0 Å². The lowest BCUT2D eigenvalue weighted by molar-refractivity contribution is -0.150. The van der Waals surface area contributed by atoms with Gasteiger partial charge >= 0.3 is 0 Å². The molecule has 11 heteroatoms. The van der Waals surface area contributed by atoms with Crippen LogP contribution in [0, 0.1) is 5.92 Å². The van der Waals surface area contributed by atoms with E-state index in [1.807, 2.05) is 84.6 Å². The minimum atomic E-state index is -3.50. The van der Waals surface area contributed by atoms with Gasteiger partial charge in [-0.25, -0.2) is 0 Å². The van der Waals surface area contributed by atoms with Gasteiger partial charge in [0.05, 0.1) is 31.4 Å². The molecule has 266 valence electrons. The zero-order valence-corrected chi connectivity index (χ0v) is 31.7. The second-order valence-electron chi connectivity index (χ2n) is 14.4. The van der Waals surface area contributed by atoms with Crippen molar-refractivity contribution < 1.29 is 28.3 Å². The van der Waals surface area contributed by atoms with Gasteiger partial charge in [-0.1, -0.05) is 78.2 Å². The molecule has 50 heavy (non-hydrogen) atoms. The molecule has 3 amide bonds. The van der Waals surface area contributed by atoms with E-state index in [4.69, 9.17) is 4.74 Å². The average Bonchev–Trinajstić information content (AvgIpc) is 3.49. The zero-order chi connectivity index (χ0) is 35.6. The highest BCUT2D eigenvalue weighted by Gasteiger charge is 2.67. The molecule has 3 aromatic rings.